The van der Waals surface area contributed by atoms with Gasteiger partial charge in [0.1, 0.15) is 0 Å². The number of nitrogens with zero attached hydrogens (tertiary/aromatic N) is 1. The van der Waals surface area contributed by atoms with Crippen molar-refractivity contribution in [3.8, 4) is 0 Å². The fourth-order valence-electron chi connectivity index (χ4n) is 0.287. The first-order chi connectivity index (χ1) is 4.57. The van der Waals surface area contributed by atoms with Crippen LogP contribution in [0.4, 0.5) is 0 Å². The molecule has 0 saturated carbocycles. The van der Waals surface area contributed by atoms with Gasteiger partial charge < -0.3 is 5.32 Å². The zero-order valence-corrected chi connectivity index (χ0v) is 7.00. The summed E-state index contributed by atoms with van der Waals surface area (Å²) in [6.45, 7) is 9.18. The van der Waals surface area contributed by atoms with Gasteiger partial charge in [-0.1, -0.05) is 13.2 Å². The quantitative estimate of drug-likeness (QED) is 0.282. The first kappa shape index (κ1) is 9.24. The van der Waals surface area contributed by atoms with Gasteiger partial charge in [-0.15, -0.1) is 0 Å². The molecule has 0 fully saturated rings. The Kier molecular flexibility index (Phi) is 3.81. The van der Waals surface area contributed by atoms with E-state index in [1.165, 1.54) is 0 Å². The number of aliphatic imine (C=N–C) groups is 1. The highest BCUT2D eigenvalue weighted by Crippen LogP contribution is 1.99. The molecule has 2 nitrogen and oxygen atoms in total. The topological polar surface area (TPSA) is 24.4 Å². The Morgan fingerprint density at radius 2 is 2.00 bits per heavy atom. The number of hydrogen-bond acceptors (Lipinski definition) is 1. The van der Waals surface area contributed by atoms with Crippen molar-refractivity contribution in [2.45, 2.75) is 6.92 Å². The average molecular weight is 159 g/mol. The number of nitrogens with one attached hydrogen (secondary N) is 1. The fourth-order valence-corrected chi connectivity index (χ4v) is 0.401. The SMILES string of the molecule is C=C(C)C(=C)NC(Cl)=NC. The predicted molar refractivity (Wildman–Crippen MR) is 46.3 cm³/mol. The Balaban J connectivity index is 3.93. The second-order valence-corrected chi connectivity index (χ2v) is 2.26. The lowest BCUT2D eigenvalue weighted by molar-refractivity contribution is 1.14. The third-order valence-electron chi connectivity index (χ3n) is 0.966. The molecule has 0 radical (unpaired) electrons. The van der Waals surface area contributed by atoms with Crippen LogP contribution in [0, 0.1) is 0 Å². The van der Waals surface area contributed by atoms with E-state index in [4.69, 9.17) is 11.6 Å². The molecule has 0 heterocycles. The monoisotopic (exact) mass is 158 g/mol. The van der Waals surface area contributed by atoms with Gasteiger partial charge in [0.05, 0.1) is 0 Å². The Morgan fingerprint density at radius 1 is 1.50 bits per heavy atom. The van der Waals surface area contributed by atoms with E-state index >= 15 is 0 Å². The molecule has 0 aliphatic carbocycles. The predicted octanol–water partition coefficient (Wildman–Crippen LogP) is 1.89. The Bertz CT molecular complexity index is 182. The van der Waals surface area contributed by atoms with Gasteiger partial charge in [0.15, 0.2) is 5.29 Å². The van der Waals surface area contributed by atoms with Gasteiger partial charge in [0.2, 0.25) is 0 Å². The molecule has 0 spiro atoms. The molecule has 0 aromatic rings. The van der Waals surface area contributed by atoms with E-state index in [1.807, 2.05) is 6.92 Å². The van der Waals surface area contributed by atoms with Crippen LogP contribution in [0.3, 0.4) is 0 Å². The number of rotatable bonds is 2. The van der Waals surface area contributed by atoms with Crippen molar-refractivity contribution < 1.29 is 0 Å². The van der Waals surface area contributed by atoms with E-state index in [0.29, 0.717) is 11.0 Å². The number of amidine groups is 1. The lowest BCUT2D eigenvalue weighted by Gasteiger charge is -2.04. The fraction of sp³-hybridized carbons (Fsp3) is 0.286. The van der Waals surface area contributed by atoms with Gasteiger partial charge in [0, 0.05) is 12.7 Å². The maximum Gasteiger partial charge on any atom is 0.195 e. The van der Waals surface area contributed by atoms with E-state index in [9.17, 15) is 0 Å². The minimum atomic E-state index is 0.327. The standard InChI is InChI=1S/C7H11ClN2/c1-5(2)6(3)10-7(8)9-4/h1,3H2,2,4H3,(H,9,10). The Hall–Kier alpha value is -0.760. The molecule has 0 aliphatic heterocycles. The van der Waals surface area contributed by atoms with Crippen LogP contribution in [-0.4, -0.2) is 12.3 Å². The van der Waals surface area contributed by atoms with Crippen molar-refractivity contribution in [2.24, 2.45) is 4.99 Å². The first-order valence-electron chi connectivity index (χ1n) is 2.82. The summed E-state index contributed by atoms with van der Waals surface area (Å²) < 4.78 is 0. The highest BCUT2D eigenvalue weighted by molar-refractivity contribution is 6.64. The summed E-state index contributed by atoms with van der Waals surface area (Å²) in [7, 11) is 1.60. The van der Waals surface area contributed by atoms with Crippen LogP contribution < -0.4 is 5.32 Å². The molecule has 0 atom stereocenters. The molecule has 0 saturated heterocycles. The van der Waals surface area contributed by atoms with Gasteiger partial charge in [-0.3, -0.25) is 4.99 Å². The van der Waals surface area contributed by atoms with Crippen LogP contribution in [0.1, 0.15) is 6.92 Å². The molecule has 56 valence electrons. The van der Waals surface area contributed by atoms with Crippen molar-refractivity contribution in [1.82, 2.24) is 5.32 Å². The van der Waals surface area contributed by atoms with Crippen molar-refractivity contribution in [3.05, 3.63) is 24.4 Å². The molecule has 0 amide bonds. The smallest absolute Gasteiger partial charge is 0.195 e. The van der Waals surface area contributed by atoms with Crippen molar-refractivity contribution >= 4 is 16.9 Å². The van der Waals surface area contributed by atoms with Gasteiger partial charge in [0.25, 0.3) is 0 Å². The molecule has 0 bridgehead atoms. The number of allylic oxidation sites excluding steroid dienone is 1. The van der Waals surface area contributed by atoms with Crippen LogP contribution in [-0.2, 0) is 0 Å². The van der Waals surface area contributed by atoms with Gasteiger partial charge in [-0.2, -0.15) is 0 Å². The van der Waals surface area contributed by atoms with Crippen LogP contribution in [0.5, 0.6) is 0 Å². The molecule has 10 heavy (non-hydrogen) atoms. The highest BCUT2D eigenvalue weighted by Gasteiger charge is 1.94. The maximum atomic E-state index is 5.54. The van der Waals surface area contributed by atoms with Crippen LogP contribution in [0.2, 0.25) is 0 Å². The summed E-state index contributed by atoms with van der Waals surface area (Å²) in [6.07, 6.45) is 0. The summed E-state index contributed by atoms with van der Waals surface area (Å²) in [5.41, 5.74) is 1.54. The Morgan fingerprint density at radius 3 is 2.30 bits per heavy atom. The largest absolute Gasteiger partial charge is 0.331 e. The lowest BCUT2D eigenvalue weighted by Crippen LogP contribution is -2.16. The van der Waals surface area contributed by atoms with Gasteiger partial charge in [-0.05, 0) is 24.1 Å². The van der Waals surface area contributed by atoms with E-state index in [0.717, 1.165) is 5.57 Å². The normalized spacial score (nSPS) is 10.9. The molecule has 1 N–H and O–H groups in total. The zero-order valence-electron chi connectivity index (χ0n) is 6.24. The summed E-state index contributed by atoms with van der Waals surface area (Å²) in [5.74, 6) is 0. The summed E-state index contributed by atoms with van der Waals surface area (Å²) in [5, 5.41) is 3.08. The first-order valence-corrected chi connectivity index (χ1v) is 3.19. The molecule has 0 aromatic heterocycles. The third-order valence-corrected chi connectivity index (χ3v) is 1.23. The average Bonchev–Trinajstić information content (AvgIpc) is 1.87. The van der Waals surface area contributed by atoms with Crippen molar-refractivity contribution in [2.75, 3.05) is 7.05 Å². The molecule has 0 unspecified atom stereocenters. The van der Waals surface area contributed by atoms with Crippen LogP contribution in [0.15, 0.2) is 29.4 Å². The number of hydrogen-bond donors (Lipinski definition) is 1. The molecule has 0 aromatic carbocycles. The van der Waals surface area contributed by atoms with Crippen molar-refractivity contribution in [3.63, 3.8) is 0 Å². The molecule has 0 rings (SSSR count). The molecule has 3 heteroatoms. The number of halogens is 1. The van der Waals surface area contributed by atoms with E-state index < -0.39 is 0 Å². The summed E-state index contributed by atoms with van der Waals surface area (Å²) in [6, 6.07) is 0. The molecule has 0 aliphatic rings. The van der Waals surface area contributed by atoms with Crippen LogP contribution >= 0.6 is 11.6 Å². The van der Waals surface area contributed by atoms with Crippen LogP contribution in [0.25, 0.3) is 0 Å². The minimum Gasteiger partial charge on any atom is -0.331 e. The molecular formula is C7H11ClN2. The Labute approximate surface area is 66.3 Å². The third kappa shape index (κ3) is 3.30. The lowest BCUT2D eigenvalue weighted by atomic mass is 10.3. The van der Waals surface area contributed by atoms with E-state index in [2.05, 4.69) is 23.5 Å². The zero-order chi connectivity index (χ0) is 8.15. The van der Waals surface area contributed by atoms with Crippen molar-refractivity contribution in [1.29, 1.82) is 0 Å². The molecular weight excluding hydrogens is 148 g/mol. The second kappa shape index (κ2) is 4.12. The summed E-state index contributed by atoms with van der Waals surface area (Å²) >= 11 is 5.54. The second-order valence-electron chi connectivity index (χ2n) is 1.90. The highest BCUT2D eigenvalue weighted by atomic mass is 35.5. The van der Waals surface area contributed by atoms with Gasteiger partial charge in [-0.25, -0.2) is 0 Å². The van der Waals surface area contributed by atoms with E-state index in [-0.39, 0.29) is 0 Å². The van der Waals surface area contributed by atoms with E-state index in [1.54, 1.807) is 7.05 Å². The van der Waals surface area contributed by atoms with Gasteiger partial charge >= 0.3 is 0 Å². The minimum absolute atomic E-state index is 0.327. The maximum absolute atomic E-state index is 5.54. The summed E-state index contributed by atoms with van der Waals surface area (Å²) in [4.78, 5) is 3.68.